The van der Waals surface area contributed by atoms with Crippen molar-refractivity contribution in [1.82, 2.24) is 9.80 Å². The first-order valence-electron chi connectivity index (χ1n) is 9.79. The number of nitrogens with zero attached hydrogens (tertiary/aromatic N) is 2. The van der Waals surface area contributed by atoms with Gasteiger partial charge in [0.25, 0.3) is 0 Å². The van der Waals surface area contributed by atoms with Crippen molar-refractivity contribution in [3.63, 3.8) is 0 Å². The molecule has 0 radical (unpaired) electrons. The quantitative estimate of drug-likeness (QED) is 0.829. The van der Waals surface area contributed by atoms with Crippen LogP contribution < -0.4 is 0 Å². The number of piperidine rings is 1. The normalized spacial score (nSPS) is 22.7. The van der Waals surface area contributed by atoms with Crippen molar-refractivity contribution in [1.29, 1.82) is 0 Å². The number of amides is 1. The Hall–Kier alpha value is -1.95. The molecule has 1 spiro atoms. The molecule has 3 rings (SSSR count). The fraction of sp³-hybridized carbons (Fsp3) is 0.619. The Labute approximate surface area is 160 Å². The van der Waals surface area contributed by atoms with Crippen LogP contribution in [0.4, 0.5) is 4.39 Å². The lowest BCUT2D eigenvalue weighted by atomic mass is 9.75. The van der Waals surface area contributed by atoms with E-state index in [1.54, 1.807) is 12.1 Å². The molecule has 5 nitrogen and oxygen atoms in total. The van der Waals surface area contributed by atoms with Crippen LogP contribution in [0.3, 0.4) is 0 Å². The smallest absolute Gasteiger partial charge is 0.317 e. The number of aliphatic carboxylic acids is 1. The van der Waals surface area contributed by atoms with Crippen LogP contribution in [0.5, 0.6) is 0 Å². The van der Waals surface area contributed by atoms with Crippen LogP contribution in [0.1, 0.15) is 38.7 Å². The van der Waals surface area contributed by atoms with Gasteiger partial charge in [-0.3, -0.25) is 14.5 Å². The maximum absolute atomic E-state index is 13.6. The molecule has 2 saturated heterocycles. The third kappa shape index (κ3) is 4.49. The number of likely N-dealkylation sites (tertiary alicyclic amines) is 2. The summed E-state index contributed by atoms with van der Waals surface area (Å²) in [5, 5.41) is 9.00. The fourth-order valence-corrected chi connectivity index (χ4v) is 4.61. The number of halogens is 1. The van der Waals surface area contributed by atoms with Crippen LogP contribution in [0.2, 0.25) is 0 Å². The number of rotatable bonds is 6. The first-order chi connectivity index (χ1) is 12.8. The predicted molar refractivity (Wildman–Crippen MR) is 101 cm³/mol. The summed E-state index contributed by atoms with van der Waals surface area (Å²) in [5.74, 6) is -0.503. The van der Waals surface area contributed by atoms with E-state index in [0.29, 0.717) is 44.8 Å². The van der Waals surface area contributed by atoms with Gasteiger partial charge in [-0.25, -0.2) is 4.39 Å². The first kappa shape index (κ1) is 19.8. The highest BCUT2D eigenvalue weighted by Gasteiger charge is 2.52. The molecule has 2 aliphatic rings. The molecule has 148 valence electrons. The Morgan fingerprint density at radius 3 is 2.63 bits per heavy atom. The summed E-state index contributed by atoms with van der Waals surface area (Å²) in [6, 6.07) is 6.70. The highest BCUT2D eigenvalue weighted by molar-refractivity contribution is 5.85. The van der Waals surface area contributed by atoms with E-state index in [0.717, 1.165) is 12.0 Å². The SMILES string of the molecule is CC(C)CN1C(=O)C2(CCN(CC(=O)O)CC2)C[C@H]1Cc1cccc(F)c1. The molecule has 2 heterocycles. The molecule has 1 amide bonds. The topological polar surface area (TPSA) is 60.9 Å². The van der Waals surface area contributed by atoms with E-state index in [-0.39, 0.29) is 29.7 Å². The number of benzene rings is 1. The van der Waals surface area contributed by atoms with Crippen LogP contribution in [0.25, 0.3) is 0 Å². The van der Waals surface area contributed by atoms with Gasteiger partial charge < -0.3 is 10.0 Å². The average Bonchev–Trinajstić information content (AvgIpc) is 2.82. The summed E-state index contributed by atoms with van der Waals surface area (Å²) in [5.41, 5.74) is 0.531. The van der Waals surface area contributed by atoms with E-state index in [9.17, 15) is 14.0 Å². The van der Waals surface area contributed by atoms with Gasteiger partial charge in [-0.1, -0.05) is 26.0 Å². The molecule has 0 bridgehead atoms. The number of carbonyl (C=O) groups is 2. The van der Waals surface area contributed by atoms with Crippen molar-refractivity contribution in [3.8, 4) is 0 Å². The van der Waals surface area contributed by atoms with Crippen molar-refractivity contribution >= 4 is 11.9 Å². The zero-order chi connectivity index (χ0) is 19.6. The first-order valence-corrected chi connectivity index (χ1v) is 9.79. The lowest BCUT2D eigenvalue weighted by Gasteiger charge is -2.37. The van der Waals surface area contributed by atoms with Crippen molar-refractivity contribution in [2.24, 2.45) is 11.3 Å². The maximum atomic E-state index is 13.6. The molecule has 27 heavy (non-hydrogen) atoms. The van der Waals surface area contributed by atoms with Gasteiger partial charge in [0.05, 0.1) is 12.0 Å². The van der Waals surface area contributed by atoms with Crippen molar-refractivity contribution in [2.45, 2.75) is 45.6 Å². The van der Waals surface area contributed by atoms with Crippen molar-refractivity contribution in [3.05, 3.63) is 35.6 Å². The molecule has 1 N–H and O–H groups in total. The second-order valence-electron chi connectivity index (χ2n) is 8.49. The number of carboxylic acid groups (broad SMARTS) is 1. The summed E-state index contributed by atoms with van der Waals surface area (Å²) in [7, 11) is 0. The van der Waals surface area contributed by atoms with Gasteiger partial charge in [0.1, 0.15) is 5.82 Å². The van der Waals surface area contributed by atoms with Crippen LogP contribution in [-0.2, 0) is 16.0 Å². The fourth-order valence-electron chi connectivity index (χ4n) is 4.61. The summed E-state index contributed by atoms with van der Waals surface area (Å²) in [6.07, 6.45) is 2.84. The van der Waals surface area contributed by atoms with Crippen LogP contribution >= 0.6 is 0 Å². The molecule has 1 atom stereocenters. The number of hydrogen-bond donors (Lipinski definition) is 1. The van der Waals surface area contributed by atoms with E-state index in [1.807, 2.05) is 15.9 Å². The predicted octanol–water partition coefficient (Wildman–Crippen LogP) is 2.79. The molecule has 0 saturated carbocycles. The van der Waals surface area contributed by atoms with E-state index < -0.39 is 5.97 Å². The van der Waals surface area contributed by atoms with Gasteiger partial charge in [0, 0.05) is 12.6 Å². The van der Waals surface area contributed by atoms with Crippen LogP contribution in [-0.4, -0.2) is 59.0 Å². The Kier molecular flexibility index (Phi) is 5.84. The molecular weight excluding hydrogens is 347 g/mol. The monoisotopic (exact) mass is 376 g/mol. The average molecular weight is 376 g/mol. The van der Waals surface area contributed by atoms with Gasteiger partial charge in [0.2, 0.25) is 5.91 Å². The number of carbonyl (C=O) groups excluding carboxylic acids is 1. The maximum Gasteiger partial charge on any atom is 0.317 e. The third-order valence-corrected chi connectivity index (χ3v) is 5.88. The molecule has 0 aliphatic carbocycles. The standard InChI is InChI=1S/C21H29FN2O3/c1-15(2)13-24-18(11-16-4-3-5-17(22)10-16)12-21(20(24)27)6-8-23(9-7-21)14-19(25)26/h3-5,10,15,18H,6-9,11-14H2,1-2H3,(H,25,26)/t18-/m1/s1. The summed E-state index contributed by atoms with van der Waals surface area (Å²) >= 11 is 0. The van der Waals surface area contributed by atoms with Gasteiger partial charge in [-0.05, 0) is 62.4 Å². The second kappa shape index (κ2) is 7.97. The minimum atomic E-state index is -0.825. The minimum Gasteiger partial charge on any atom is -0.480 e. The zero-order valence-electron chi connectivity index (χ0n) is 16.2. The molecule has 0 aromatic heterocycles. The second-order valence-corrected chi connectivity index (χ2v) is 8.49. The third-order valence-electron chi connectivity index (χ3n) is 5.88. The number of hydrogen-bond acceptors (Lipinski definition) is 3. The van der Waals surface area contributed by atoms with Gasteiger partial charge in [-0.2, -0.15) is 0 Å². The van der Waals surface area contributed by atoms with E-state index >= 15 is 0 Å². The number of carboxylic acids is 1. The summed E-state index contributed by atoms with van der Waals surface area (Å²) in [6.45, 7) is 6.23. The molecule has 1 aromatic rings. The molecule has 0 unspecified atom stereocenters. The summed E-state index contributed by atoms with van der Waals surface area (Å²) < 4.78 is 13.6. The lowest BCUT2D eigenvalue weighted by molar-refractivity contribution is -0.141. The van der Waals surface area contributed by atoms with Crippen LogP contribution in [0.15, 0.2) is 24.3 Å². The Morgan fingerprint density at radius 1 is 1.33 bits per heavy atom. The lowest BCUT2D eigenvalue weighted by Crippen LogP contribution is -2.46. The molecule has 1 aromatic carbocycles. The minimum absolute atomic E-state index is 0.0344. The van der Waals surface area contributed by atoms with Gasteiger partial charge in [0.15, 0.2) is 0 Å². The molecule has 6 heteroatoms. The Balaban J connectivity index is 1.75. The van der Waals surface area contributed by atoms with Crippen molar-refractivity contribution < 1.29 is 19.1 Å². The summed E-state index contributed by atoms with van der Waals surface area (Å²) in [4.78, 5) is 28.2. The molecule has 2 aliphatic heterocycles. The van der Waals surface area contributed by atoms with E-state index in [1.165, 1.54) is 6.07 Å². The molecular formula is C21H29FN2O3. The zero-order valence-corrected chi connectivity index (χ0v) is 16.2. The van der Waals surface area contributed by atoms with E-state index in [4.69, 9.17) is 5.11 Å². The Bertz CT molecular complexity index is 698. The van der Waals surface area contributed by atoms with Crippen LogP contribution in [0, 0.1) is 17.2 Å². The largest absolute Gasteiger partial charge is 0.480 e. The van der Waals surface area contributed by atoms with Crippen molar-refractivity contribution in [2.75, 3.05) is 26.2 Å². The molecule has 2 fully saturated rings. The highest BCUT2D eigenvalue weighted by Crippen LogP contribution is 2.45. The van der Waals surface area contributed by atoms with Gasteiger partial charge >= 0.3 is 5.97 Å². The highest BCUT2D eigenvalue weighted by atomic mass is 19.1. The van der Waals surface area contributed by atoms with Gasteiger partial charge in [-0.15, -0.1) is 0 Å². The van der Waals surface area contributed by atoms with E-state index in [2.05, 4.69) is 13.8 Å². The Morgan fingerprint density at radius 2 is 2.04 bits per heavy atom.